The molecule has 0 radical (unpaired) electrons. The van der Waals surface area contributed by atoms with E-state index >= 15 is 0 Å². The fourth-order valence-electron chi connectivity index (χ4n) is 2.90. The molecule has 4 nitrogen and oxygen atoms in total. The second-order valence-corrected chi connectivity index (χ2v) is 6.76. The summed E-state index contributed by atoms with van der Waals surface area (Å²) in [5.74, 6) is -0.816. The quantitative estimate of drug-likeness (QED) is 0.586. The maximum absolute atomic E-state index is 12.8. The van der Waals surface area contributed by atoms with Crippen molar-refractivity contribution in [3.05, 3.63) is 95.1 Å². The van der Waals surface area contributed by atoms with Crippen LogP contribution in [0.1, 0.15) is 27.0 Å². The van der Waals surface area contributed by atoms with Gasteiger partial charge in [-0.3, -0.25) is 9.59 Å². The standard InChI is InChI=1S/C23H19F3N2O2/c1-15-6-2-3-7-16(15)13-21(29)27-19-10-4-8-17(12-19)22(30)28-20-11-5-9-18(14-20)23(24,25)26/h2-12,14H,13H2,1H3,(H,27,29)(H,28,30). The molecule has 0 aliphatic rings. The maximum Gasteiger partial charge on any atom is 0.416 e. The number of amides is 2. The number of halogens is 3. The van der Waals surface area contributed by atoms with Crippen molar-refractivity contribution < 1.29 is 22.8 Å². The van der Waals surface area contributed by atoms with Crippen molar-refractivity contribution in [2.45, 2.75) is 19.5 Å². The van der Waals surface area contributed by atoms with Gasteiger partial charge in [0.1, 0.15) is 0 Å². The van der Waals surface area contributed by atoms with Gasteiger partial charge in [-0.15, -0.1) is 0 Å². The van der Waals surface area contributed by atoms with E-state index in [1.807, 2.05) is 31.2 Å². The number of anilines is 2. The van der Waals surface area contributed by atoms with Crippen molar-refractivity contribution in [3.63, 3.8) is 0 Å². The van der Waals surface area contributed by atoms with Gasteiger partial charge in [0.05, 0.1) is 12.0 Å². The van der Waals surface area contributed by atoms with Crippen LogP contribution >= 0.6 is 0 Å². The van der Waals surface area contributed by atoms with Crippen LogP contribution in [0.3, 0.4) is 0 Å². The minimum absolute atomic E-state index is 0.0313. The van der Waals surface area contributed by atoms with Crippen molar-refractivity contribution in [1.29, 1.82) is 0 Å². The summed E-state index contributed by atoms with van der Waals surface area (Å²) in [7, 11) is 0. The first-order chi connectivity index (χ1) is 14.2. The zero-order valence-corrected chi connectivity index (χ0v) is 16.1. The van der Waals surface area contributed by atoms with Crippen molar-refractivity contribution in [2.75, 3.05) is 10.6 Å². The largest absolute Gasteiger partial charge is 0.416 e. The van der Waals surface area contributed by atoms with Gasteiger partial charge in [0, 0.05) is 16.9 Å². The first-order valence-corrected chi connectivity index (χ1v) is 9.15. The van der Waals surface area contributed by atoms with Gasteiger partial charge in [0.25, 0.3) is 5.91 Å². The van der Waals surface area contributed by atoms with Crippen molar-refractivity contribution in [1.82, 2.24) is 0 Å². The van der Waals surface area contributed by atoms with Crippen LogP contribution in [-0.4, -0.2) is 11.8 Å². The molecule has 7 heteroatoms. The number of nitrogens with one attached hydrogen (secondary N) is 2. The summed E-state index contributed by atoms with van der Waals surface area (Å²) in [6.07, 6.45) is -4.31. The molecule has 0 atom stereocenters. The number of hydrogen-bond donors (Lipinski definition) is 2. The second-order valence-electron chi connectivity index (χ2n) is 6.76. The molecule has 0 aromatic heterocycles. The molecule has 0 aliphatic carbocycles. The molecule has 0 bridgehead atoms. The molecule has 0 fully saturated rings. The molecule has 3 aromatic carbocycles. The number of alkyl halides is 3. The Kier molecular flexibility index (Phi) is 6.20. The lowest BCUT2D eigenvalue weighted by Crippen LogP contribution is -2.16. The average molecular weight is 412 g/mol. The van der Waals surface area contributed by atoms with Crippen LogP contribution in [0.15, 0.2) is 72.8 Å². The van der Waals surface area contributed by atoms with Gasteiger partial charge in [-0.25, -0.2) is 0 Å². The molecule has 0 heterocycles. The molecule has 3 rings (SSSR count). The van der Waals surface area contributed by atoms with Gasteiger partial charge in [0.15, 0.2) is 0 Å². The Labute approximate surface area is 171 Å². The molecule has 2 N–H and O–H groups in total. The average Bonchev–Trinajstić information content (AvgIpc) is 2.69. The molecule has 3 aromatic rings. The Hall–Kier alpha value is -3.61. The predicted octanol–water partition coefficient (Wildman–Crippen LogP) is 5.45. The van der Waals surface area contributed by atoms with Crippen molar-refractivity contribution in [3.8, 4) is 0 Å². The van der Waals surface area contributed by atoms with Crippen LogP contribution in [0.4, 0.5) is 24.5 Å². The number of carbonyl (C=O) groups excluding carboxylic acids is 2. The van der Waals surface area contributed by atoms with E-state index in [9.17, 15) is 22.8 Å². The molecule has 0 aliphatic heterocycles. The highest BCUT2D eigenvalue weighted by atomic mass is 19.4. The zero-order chi connectivity index (χ0) is 21.7. The molecule has 154 valence electrons. The fraction of sp³-hybridized carbons (Fsp3) is 0.130. The molecule has 0 saturated carbocycles. The third kappa shape index (κ3) is 5.47. The minimum atomic E-state index is -4.50. The Morgan fingerprint density at radius 2 is 1.50 bits per heavy atom. The monoisotopic (exact) mass is 412 g/mol. The van der Waals surface area contributed by atoms with Crippen LogP contribution in [0.5, 0.6) is 0 Å². The highest BCUT2D eigenvalue weighted by Crippen LogP contribution is 2.30. The normalized spacial score (nSPS) is 11.1. The third-order valence-electron chi connectivity index (χ3n) is 4.47. The fourth-order valence-corrected chi connectivity index (χ4v) is 2.90. The predicted molar refractivity (Wildman–Crippen MR) is 109 cm³/mol. The van der Waals surface area contributed by atoms with E-state index in [1.54, 1.807) is 12.1 Å². The summed E-state index contributed by atoms with van der Waals surface area (Å²) in [6, 6.07) is 18.1. The minimum Gasteiger partial charge on any atom is -0.326 e. The highest BCUT2D eigenvalue weighted by molar-refractivity contribution is 6.05. The Balaban J connectivity index is 1.68. The van der Waals surface area contributed by atoms with Crippen molar-refractivity contribution in [2.24, 2.45) is 0 Å². The third-order valence-corrected chi connectivity index (χ3v) is 4.47. The SMILES string of the molecule is Cc1ccccc1CC(=O)Nc1cccc(C(=O)Nc2cccc(C(F)(F)F)c2)c1. The van der Waals surface area contributed by atoms with Gasteiger partial charge in [-0.05, 0) is 54.4 Å². The Morgan fingerprint density at radius 1 is 0.833 bits per heavy atom. The molecule has 30 heavy (non-hydrogen) atoms. The lowest BCUT2D eigenvalue weighted by molar-refractivity contribution is -0.137. The van der Waals surface area contributed by atoms with Crippen LogP contribution < -0.4 is 10.6 Å². The number of rotatable bonds is 5. The highest BCUT2D eigenvalue weighted by Gasteiger charge is 2.30. The Bertz CT molecular complexity index is 1080. The molecular formula is C23H19F3N2O2. The van der Waals surface area contributed by atoms with E-state index in [-0.39, 0.29) is 23.6 Å². The van der Waals surface area contributed by atoms with Crippen LogP contribution in [0, 0.1) is 6.92 Å². The van der Waals surface area contributed by atoms with E-state index in [1.165, 1.54) is 24.3 Å². The molecule has 0 unspecified atom stereocenters. The summed E-state index contributed by atoms with van der Waals surface area (Å²) in [5, 5.41) is 5.18. The van der Waals surface area contributed by atoms with Crippen LogP contribution in [-0.2, 0) is 17.4 Å². The topological polar surface area (TPSA) is 58.2 Å². The summed E-state index contributed by atoms with van der Waals surface area (Å²) in [5.41, 5.74) is 1.71. The van der Waals surface area contributed by atoms with E-state index in [2.05, 4.69) is 10.6 Å². The lowest BCUT2D eigenvalue weighted by Gasteiger charge is -2.11. The summed E-state index contributed by atoms with van der Waals surface area (Å²) < 4.78 is 38.5. The van der Waals surface area contributed by atoms with Crippen LogP contribution in [0.25, 0.3) is 0 Å². The van der Waals surface area contributed by atoms with Gasteiger partial charge >= 0.3 is 6.18 Å². The summed E-state index contributed by atoms with van der Waals surface area (Å²) in [4.78, 5) is 24.8. The van der Waals surface area contributed by atoms with Gasteiger partial charge in [-0.2, -0.15) is 13.2 Å². The van der Waals surface area contributed by atoms with E-state index in [4.69, 9.17) is 0 Å². The Morgan fingerprint density at radius 3 is 2.20 bits per heavy atom. The van der Waals surface area contributed by atoms with E-state index < -0.39 is 17.6 Å². The van der Waals surface area contributed by atoms with E-state index in [0.717, 1.165) is 23.3 Å². The van der Waals surface area contributed by atoms with Crippen molar-refractivity contribution >= 4 is 23.2 Å². The number of carbonyl (C=O) groups is 2. The second kappa shape index (κ2) is 8.82. The van der Waals surface area contributed by atoms with E-state index in [0.29, 0.717) is 5.69 Å². The summed E-state index contributed by atoms with van der Waals surface area (Å²) in [6.45, 7) is 1.92. The number of hydrogen-bond acceptors (Lipinski definition) is 2. The van der Waals surface area contributed by atoms with Crippen LogP contribution in [0.2, 0.25) is 0 Å². The van der Waals surface area contributed by atoms with Gasteiger partial charge in [0.2, 0.25) is 5.91 Å². The number of benzene rings is 3. The molecule has 0 saturated heterocycles. The number of aryl methyl sites for hydroxylation is 1. The van der Waals surface area contributed by atoms with Gasteiger partial charge < -0.3 is 10.6 Å². The smallest absolute Gasteiger partial charge is 0.326 e. The first-order valence-electron chi connectivity index (χ1n) is 9.15. The zero-order valence-electron chi connectivity index (χ0n) is 16.1. The first kappa shape index (κ1) is 21.1. The molecular weight excluding hydrogens is 393 g/mol. The maximum atomic E-state index is 12.8. The summed E-state index contributed by atoms with van der Waals surface area (Å²) >= 11 is 0. The molecule has 0 spiro atoms. The lowest BCUT2D eigenvalue weighted by atomic mass is 10.1. The van der Waals surface area contributed by atoms with Gasteiger partial charge in [-0.1, -0.05) is 36.4 Å². The molecule has 2 amide bonds.